The van der Waals surface area contributed by atoms with E-state index in [1.807, 2.05) is 37.4 Å². The number of aryl methyl sites for hydroxylation is 1. The quantitative estimate of drug-likeness (QED) is 0.927. The summed E-state index contributed by atoms with van der Waals surface area (Å²) in [5.41, 5.74) is 1.76. The van der Waals surface area contributed by atoms with Gasteiger partial charge in [0.25, 0.3) is 5.56 Å². The summed E-state index contributed by atoms with van der Waals surface area (Å²) in [5, 5.41) is 0.907. The first-order valence-corrected chi connectivity index (χ1v) is 8.60. The molecule has 1 aliphatic rings. The van der Waals surface area contributed by atoms with Crippen LogP contribution in [0.3, 0.4) is 0 Å². The molecule has 1 fully saturated rings. The summed E-state index contributed by atoms with van der Waals surface area (Å²) in [4.78, 5) is 19.7. The molecule has 0 radical (unpaired) electrons. The van der Waals surface area contributed by atoms with Crippen molar-refractivity contribution in [1.82, 2.24) is 9.97 Å². The molecule has 1 saturated heterocycles. The van der Waals surface area contributed by atoms with E-state index in [0.717, 1.165) is 35.7 Å². The Labute approximate surface area is 117 Å². The molecule has 2 rings (SSSR count). The second kappa shape index (κ2) is 6.15. The van der Waals surface area contributed by atoms with E-state index in [-0.39, 0.29) is 5.56 Å². The summed E-state index contributed by atoms with van der Waals surface area (Å²) in [6, 6.07) is 0. The van der Waals surface area contributed by atoms with Crippen LogP contribution >= 0.6 is 23.5 Å². The van der Waals surface area contributed by atoms with Gasteiger partial charge in [0.1, 0.15) is 5.82 Å². The fourth-order valence-electron chi connectivity index (χ4n) is 2.34. The highest BCUT2D eigenvalue weighted by atomic mass is 32.2. The predicted octanol–water partition coefficient (Wildman–Crippen LogP) is 2.94. The molecule has 2 atom stereocenters. The van der Waals surface area contributed by atoms with E-state index < -0.39 is 0 Å². The van der Waals surface area contributed by atoms with Crippen LogP contribution in [-0.4, -0.2) is 26.7 Å². The maximum atomic E-state index is 12.0. The fourth-order valence-corrected chi connectivity index (χ4v) is 5.35. The van der Waals surface area contributed by atoms with Crippen molar-refractivity contribution in [1.29, 1.82) is 0 Å². The van der Waals surface area contributed by atoms with E-state index >= 15 is 0 Å². The lowest BCUT2D eigenvalue weighted by Gasteiger charge is -2.29. The van der Waals surface area contributed by atoms with Crippen molar-refractivity contribution in [3.63, 3.8) is 0 Å². The third-order valence-electron chi connectivity index (χ3n) is 3.32. The van der Waals surface area contributed by atoms with Crippen LogP contribution < -0.4 is 5.56 Å². The summed E-state index contributed by atoms with van der Waals surface area (Å²) in [6.07, 6.45) is 1.87. The number of rotatable bonds is 3. The summed E-state index contributed by atoms with van der Waals surface area (Å²) in [5.74, 6) is 3.22. The van der Waals surface area contributed by atoms with E-state index in [2.05, 4.69) is 16.9 Å². The number of aromatic amines is 1. The molecule has 2 heterocycles. The molecule has 0 spiro atoms. The molecule has 3 nitrogen and oxygen atoms in total. The van der Waals surface area contributed by atoms with Gasteiger partial charge >= 0.3 is 0 Å². The number of hydrogen-bond donors (Lipinski definition) is 1. The van der Waals surface area contributed by atoms with Crippen LogP contribution in [0.5, 0.6) is 0 Å². The van der Waals surface area contributed by atoms with Crippen LogP contribution in [0, 0.1) is 6.92 Å². The zero-order chi connectivity index (χ0) is 13.1. The van der Waals surface area contributed by atoms with Gasteiger partial charge in [-0.1, -0.05) is 13.8 Å². The van der Waals surface area contributed by atoms with E-state index in [9.17, 15) is 4.79 Å². The van der Waals surface area contributed by atoms with Crippen molar-refractivity contribution in [2.45, 2.75) is 44.1 Å². The van der Waals surface area contributed by atoms with Crippen molar-refractivity contribution >= 4 is 23.5 Å². The second-order valence-corrected chi connectivity index (χ2v) is 7.07. The Morgan fingerprint density at radius 3 is 2.67 bits per heavy atom. The van der Waals surface area contributed by atoms with Crippen molar-refractivity contribution in [2.75, 3.05) is 11.5 Å². The Hall–Kier alpha value is -0.420. The number of thioether (sulfide) groups is 2. The van der Waals surface area contributed by atoms with Crippen LogP contribution in [0.2, 0.25) is 0 Å². The number of hydrogen-bond acceptors (Lipinski definition) is 4. The summed E-state index contributed by atoms with van der Waals surface area (Å²) < 4.78 is 0. The average Bonchev–Trinajstić information content (AvgIpc) is 2.38. The minimum atomic E-state index is 0.0472. The van der Waals surface area contributed by atoms with E-state index in [1.165, 1.54) is 5.75 Å². The number of H-pyrrole nitrogens is 1. The second-order valence-electron chi connectivity index (χ2n) is 4.48. The van der Waals surface area contributed by atoms with E-state index in [1.54, 1.807) is 0 Å². The van der Waals surface area contributed by atoms with Gasteiger partial charge in [-0.3, -0.25) is 4.79 Å². The van der Waals surface area contributed by atoms with Gasteiger partial charge in [0.15, 0.2) is 0 Å². The van der Waals surface area contributed by atoms with Crippen LogP contribution in [-0.2, 0) is 6.42 Å². The van der Waals surface area contributed by atoms with Crippen molar-refractivity contribution in [2.24, 2.45) is 0 Å². The number of nitrogens with one attached hydrogen (secondary N) is 1. The predicted molar refractivity (Wildman–Crippen MR) is 80.7 cm³/mol. The molecule has 100 valence electrons. The molecule has 1 N–H and O–H groups in total. The molecule has 0 amide bonds. The van der Waals surface area contributed by atoms with Crippen LogP contribution in [0.25, 0.3) is 0 Å². The molecule has 1 aromatic rings. The molecule has 18 heavy (non-hydrogen) atoms. The van der Waals surface area contributed by atoms with Crippen LogP contribution in [0.1, 0.15) is 42.6 Å². The number of aromatic nitrogens is 2. The Balaban J connectivity index is 2.35. The van der Waals surface area contributed by atoms with Gasteiger partial charge in [-0.05, 0) is 19.8 Å². The minimum absolute atomic E-state index is 0.0472. The molecule has 0 bridgehead atoms. The maximum Gasteiger partial charge on any atom is 0.254 e. The van der Waals surface area contributed by atoms with E-state index in [0.29, 0.717) is 10.5 Å². The van der Waals surface area contributed by atoms with Gasteiger partial charge in [-0.15, -0.1) is 11.8 Å². The zero-order valence-corrected chi connectivity index (χ0v) is 12.8. The Bertz CT molecular complexity index is 473. The van der Waals surface area contributed by atoms with Crippen LogP contribution in [0.4, 0.5) is 0 Å². The molecule has 1 aliphatic heterocycles. The minimum Gasteiger partial charge on any atom is -0.309 e. The number of nitrogens with zero attached hydrogens (tertiary/aromatic N) is 1. The van der Waals surface area contributed by atoms with Gasteiger partial charge in [0, 0.05) is 28.0 Å². The largest absolute Gasteiger partial charge is 0.309 e. The zero-order valence-electron chi connectivity index (χ0n) is 11.2. The highest BCUT2D eigenvalue weighted by molar-refractivity contribution is 8.06. The van der Waals surface area contributed by atoms with Crippen LogP contribution in [0.15, 0.2) is 4.79 Å². The molecule has 0 saturated carbocycles. The Morgan fingerprint density at radius 1 is 1.33 bits per heavy atom. The third-order valence-corrected chi connectivity index (χ3v) is 6.57. The third kappa shape index (κ3) is 2.77. The van der Waals surface area contributed by atoms with Gasteiger partial charge in [0.2, 0.25) is 0 Å². The van der Waals surface area contributed by atoms with Crippen molar-refractivity contribution < 1.29 is 0 Å². The lowest BCUT2D eigenvalue weighted by Crippen LogP contribution is -2.25. The average molecular weight is 284 g/mol. The first kappa shape index (κ1) is 14.0. The Morgan fingerprint density at radius 2 is 2.06 bits per heavy atom. The lowest BCUT2D eigenvalue weighted by atomic mass is 10.1. The molecule has 2 unspecified atom stereocenters. The molecular weight excluding hydrogens is 264 g/mol. The fraction of sp³-hybridized carbons (Fsp3) is 0.692. The van der Waals surface area contributed by atoms with E-state index in [4.69, 9.17) is 0 Å². The summed E-state index contributed by atoms with van der Waals surface area (Å²) in [7, 11) is 0. The summed E-state index contributed by atoms with van der Waals surface area (Å²) >= 11 is 3.93. The molecule has 0 aromatic carbocycles. The van der Waals surface area contributed by atoms with Crippen molar-refractivity contribution in [3.05, 3.63) is 27.4 Å². The van der Waals surface area contributed by atoms with Gasteiger partial charge in [0.05, 0.1) is 5.25 Å². The molecular formula is C13H20N2OS2. The van der Waals surface area contributed by atoms with Gasteiger partial charge in [-0.2, -0.15) is 11.8 Å². The molecule has 5 heteroatoms. The van der Waals surface area contributed by atoms with Gasteiger partial charge in [-0.25, -0.2) is 4.98 Å². The normalized spacial score (nSPS) is 24.2. The molecule has 0 aliphatic carbocycles. The summed E-state index contributed by atoms with van der Waals surface area (Å²) in [6.45, 7) is 6.15. The Kier molecular flexibility index (Phi) is 4.78. The lowest BCUT2D eigenvalue weighted by molar-refractivity contribution is 0.734. The first-order valence-electron chi connectivity index (χ1n) is 6.50. The smallest absolute Gasteiger partial charge is 0.254 e. The first-order chi connectivity index (χ1) is 8.67. The van der Waals surface area contributed by atoms with Gasteiger partial charge < -0.3 is 4.98 Å². The highest BCUT2D eigenvalue weighted by Gasteiger charge is 2.28. The highest BCUT2D eigenvalue weighted by Crippen LogP contribution is 2.42. The molecule has 1 aromatic heterocycles. The van der Waals surface area contributed by atoms with Crippen molar-refractivity contribution in [3.8, 4) is 0 Å². The topological polar surface area (TPSA) is 45.8 Å². The maximum absolute atomic E-state index is 12.0. The standard InChI is InChI=1S/C13H20N2OS2/c1-4-9-8(3)14-12(15-13(9)16)11-10(5-2)17-6-7-18-11/h10-11H,4-7H2,1-3H3,(H,14,15,16). The monoisotopic (exact) mass is 284 g/mol. The SMILES string of the molecule is CCc1c(C)nc(C2SCCSC2CC)[nH]c1=O.